The average molecular weight is 684 g/mol. The van der Waals surface area contributed by atoms with Crippen LogP contribution in [0.15, 0.2) is 48.6 Å². The largest absolute Gasteiger partial charge is 0.756 e. The van der Waals surface area contributed by atoms with Crippen LogP contribution in [0.4, 0.5) is 0 Å². The molecule has 0 amide bonds. The second kappa shape index (κ2) is 30.1. The second-order valence-corrected chi connectivity index (χ2v) is 14.3. The molecule has 9 nitrogen and oxygen atoms in total. The van der Waals surface area contributed by atoms with Gasteiger partial charge >= 0.3 is 11.9 Å². The molecule has 0 aromatic rings. The monoisotopic (exact) mass is 683 g/mol. The molecule has 0 saturated heterocycles. The molecule has 47 heavy (non-hydrogen) atoms. The zero-order valence-electron chi connectivity index (χ0n) is 30.2. The van der Waals surface area contributed by atoms with Gasteiger partial charge in [-0.25, -0.2) is 0 Å². The zero-order chi connectivity index (χ0) is 35.1. The highest BCUT2D eigenvalue weighted by atomic mass is 31.2. The van der Waals surface area contributed by atoms with E-state index in [0.717, 1.165) is 57.8 Å². The first-order valence-corrected chi connectivity index (χ1v) is 19.3. The first-order chi connectivity index (χ1) is 22.5. The topological polar surface area (TPSA) is 111 Å². The van der Waals surface area contributed by atoms with Crippen LogP contribution in [0.3, 0.4) is 0 Å². The van der Waals surface area contributed by atoms with Crippen LogP contribution in [-0.4, -0.2) is 70.0 Å². The predicted molar refractivity (Wildman–Crippen MR) is 190 cm³/mol. The van der Waals surface area contributed by atoms with Gasteiger partial charge in [-0.1, -0.05) is 107 Å². The van der Waals surface area contributed by atoms with Gasteiger partial charge in [0.25, 0.3) is 7.82 Å². The number of ether oxygens (including phenoxy) is 2. The van der Waals surface area contributed by atoms with Crippen molar-refractivity contribution in [2.24, 2.45) is 0 Å². The van der Waals surface area contributed by atoms with Crippen LogP contribution >= 0.6 is 7.82 Å². The Morgan fingerprint density at radius 3 is 1.81 bits per heavy atom. The molecule has 2 atom stereocenters. The van der Waals surface area contributed by atoms with Gasteiger partial charge in [-0.3, -0.25) is 14.2 Å². The van der Waals surface area contributed by atoms with Crippen LogP contribution in [0.1, 0.15) is 123 Å². The summed E-state index contributed by atoms with van der Waals surface area (Å²) < 4.78 is 33.6. The molecule has 0 aromatic carbocycles. The number of quaternary nitrogens is 1. The van der Waals surface area contributed by atoms with Crippen molar-refractivity contribution in [1.29, 1.82) is 0 Å². The number of allylic oxidation sites excluding steroid dienone is 8. The highest BCUT2D eigenvalue weighted by molar-refractivity contribution is 7.45. The summed E-state index contributed by atoms with van der Waals surface area (Å²) in [5.41, 5.74) is 0. The van der Waals surface area contributed by atoms with Gasteiger partial charge in [0, 0.05) is 12.8 Å². The van der Waals surface area contributed by atoms with Gasteiger partial charge in [0.2, 0.25) is 0 Å². The van der Waals surface area contributed by atoms with Gasteiger partial charge in [-0.15, -0.1) is 0 Å². The molecule has 0 fully saturated rings. The fourth-order valence-corrected chi connectivity index (χ4v) is 5.02. The number of likely N-dealkylation sites (N-methyl/N-ethyl adjacent to an activating group) is 1. The molecular formula is C37H66NO8P. The fraction of sp³-hybridized carbons (Fsp3) is 0.730. The van der Waals surface area contributed by atoms with Crippen molar-refractivity contribution in [1.82, 2.24) is 0 Å². The molecule has 0 aromatic heterocycles. The van der Waals surface area contributed by atoms with E-state index in [-0.39, 0.29) is 26.1 Å². The van der Waals surface area contributed by atoms with Gasteiger partial charge in [-0.05, 0) is 51.4 Å². The van der Waals surface area contributed by atoms with Crippen molar-refractivity contribution in [2.75, 3.05) is 47.5 Å². The maximum absolute atomic E-state index is 12.5. The Hall–Kier alpha value is -2.03. The Bertz CT molecular complexity index is 954. The molecule has 10 heteroatoms. The molecule has 0 N–H and O–H groups in total. The number of carbonyl (C=O) groups is 2. The van der Waals surface area contributed by atoms with E-state index in [0.29, 0.717) is 17.4 Å². The van der Waals surface area contributed by atoms with Crippen LogP contribution in [0.5, 0.6) is 0 Å². The number of phosphoric ester groups is 1. The maximum Gasteiger partial charge on any atom is 0.306 e. The zero-order valence-corrected chi connectivity index (χ0v) is 31.1. The third-order valence-electron chi connectivity index (χ3n) is 7.11. The van der Waals surface area contributed by atoms with Crippen molar-refractivity contribution in [3.8, 4) is 0 Å². The quantitative estimate of drug-likeness (QED) is 0.0235. The number of rotatable bonds is 31. The van der Waals surface area contributed by atoms with Crippen molar-refractivity contribution >= 4 is 19.8 Å². The van der Waals surface area contributed by atoms with Crippen LogP contribution in [-0.2, 0) is 32.7 Å². The number of unbranched alkanes of at least 4 members (excludes halogenated alkanes) is 9. The molecule has 0 spiro atoms. The van der Waals surface area contributed by atoms with Crippen molar-refractivity contribution in [3.63, 3.8) is 0 Å². The van der Waals surface area contributed by atoms with Gasteiger partial charge in [0.05, 0.1) is 27.7 Å². The molecule has 0 bridgehead atoms. The molecule has 1 unspecified atom stereocenters. The fourth-order valence-electron chi connectivity index (χ4n) is 4.29. The molecule has 272 valence electrons. The second-order valence-electron chi connectivity index (χ2n) is 12.9. The standard InChI is InChI=1S/C37H66NO8P/c1-6-8-10-12-14-16-17-18-19-20-21-22-24-26-28-30-37(40)46-35(34-45-47(41,42)44-32-31-38(3,4)5)33-43-36(39)29-27-25-23-15-13-11-9-7-2/h8,10,14,16,18-19,21-22,35H,6-7,9,11-13,15,17,20,23-34H2,1-5H3/b10-8+,16-14+,19-18+,22-21+/t35-/m1/s1. The van der Waals surface area contributed by atoms with Crippen LogP contribution in [0.25, 0.3) is 0 Å². The summed E-state index contributed by atoms with van der Waals surface area (Å²) in [4.78, 5) is 37.1. The Balaban J connectivity index is 4.55. The lowest BCUT2D eigenvalue weighted by Gasteiger charge is -2.28. The number of hydrogen-bond acceptors (Lipinski definition) is 8. The van der Waals surface area contributed by atoms with E-state index < -0.39 is 32.5 Å². The highest BCUT2D eigenvalue weighted by Crippen LogP contribution is 2.38. The molecule has 0 aliphatic rings. The van der Waals surface area contributed by atoms with E-state index in [4.69, 9.17) is 18.5 Å². The minimum Gasteiger partial charge on any atom is -0.756 e. The third-order valence-corrected chi connectivity index (χ3v) is 8.08. The minimum atomic E-state index is -4.62. The van der Waals surface area contributed by atoms with E-state index in [1.54, 1.807) is 0 Å². The van der Waals surface area contributed by atoms with Gasteiger partial charge in [0.15, 0.2) is 6.10 Å². The maximum atomic E-state index is 12.5. The van der Waals surface area contributed by atoms with Crippen molar-refractivity contribution < 1.29 is 42.1 Å². The molecule has 0 heterocycles. The van der Waals surface area contributed by atoms with Crippen LogP contribution < -0.4 is 4.89 Å². The molecule has 0 aliphatic heterocycles. The summed E-state index contributed by atoms with van der Waals surface area (Å²) >= 11 is 0. The number of esters is 2. The highest BCUT2D eigenvalue weighted by Gasteiger charge is 2.21. The van der Waals surface area contributed by atoms with Gasteiger partial charge in [-0.2, -0.15) is 0 Å². The Kier molecular flexibility index (Phi) is 28.8. The number of hydrogen-bond donors (Lipinski definition) is 0. The van der Waals surface area contributed by atoms with Crippen molar-refractivity contribution in [3.05, 3.63) is 48.6 Å². The van der Waals surface area contributed by atoms with Crippen LogP contribution in [0.2, 0.25) is 0 Å². The van der Waals surface area contributed by atoms with Gasteiger partial charge in [0.1, 0.15) is 19.8 Å². The summed E-state index contributed by atoms with van der Waals surface area (Å²) in [6.45, 7) is 3.99. The van der Waals surface area contributed by atoms with E-state index in [2.05, 4.69) is 62.5 Å². The summed E-state index contributed by atoms with van der Waals surface area (Å²) in [7, 11) is 1.13. The lowest BCUT2D eigenvalue weighted by Crippen LogP contribution is -2.37. The van der Waals surface area contributed by atoms with Gasteiger partial charge < -0.3 is 27.9 Å². The average Bonchev–Trinajstić information content (AvgIpc) is 3.01. The van der Waals surface area contributed by atoms with E-state index in [1.807, 2.05) is 21.1 Å². The van der Waals surface area contributed by atoms with Crippen molar-refractivity contribution in [2.45, 2.75) is 129 Å². The molecule has 0 rings (SSSR count). The number of carbonyl (C=O) groups excluding carboxylic acids is 2. The first-order valence-electron chi connectivity index (χ1n) is 17.8. The molecular weight excluding hydrogens is 617 g/mol. The minimum absolute atomic E-state index is 0.0401. The molecule has 0 radical (unpaired) electrons. The Morgan fingerprint density at radius 2 is 1.21 bits per heavy atom. The normalized spacial score (nSPS) is 14.4. The summed E-state index contributed by atoms with van der Waals surface area (Å²) in [6.07, 6.45) is 31.6. The summed E-state index contributed by atoms with van der Waals surface area (Å²) in [6, 6.07) is 0. The van der Waals surface area contributed by atoms with E-state index >= 15 is 0 Å². The lowest BCUT2D eigenvalue weighted by molar-refractivity contribution is -0.870. The number of nitrogens with zero attached hydrogens (tertiary/aromatic N) is 1. The van der Waals surface area contributed by atoms with E-state index in [9.17, 15) is 19.0 Å². The lowest BCUT2D eigenvalue weighted by atomic mass is 10.1. The SMILES string of the molecule is CC/C=C/C/C=C/C/C=C/C/C=C/CCCCC(=O)O[C@H](COC(=O)CCCCCCCCCC)COP(=O)([O-])OCC[N+](C)(C)C. The smallest absolute Gasteiger partial charge is 0.306 e. The Morgan fingerprint density at radius 1 is 0.681 bits per heavy atom. The summed E-state index contributed by atoms with van der Waals surface area (Å²) in [5.74, 6) is -0.894. The first kappa shape index (κ1) is 45.0. The Labute approximate surface area is 286 Å². The third kappa shape index (κ3) is 33.7. The predicted octanol–water partition coefficient (Wildman–Crippen LogP) is 8.55. The van der Waals surface area contributed by atoms with Crippen LogP contribution in [0, 0.1) is 0 Å². The van der Waals surface area contributed by atoms with E-state index in [1.165, 1.54) is 32.1 Å². The molecule has 0 saturated carbocycles. The molecule has 0 aliphatic carbocycles. The number of phosphoric acid groups is 1. The summed E-state index contributed by atoms with van der Waals surface area (Å²) in [5, 5.41) is 0.